The number of nitrogens with zero attached hydrogens (tertiary/aromatic N) is 2. The quantitative estimate of drug-likeness (QED) is 0.390. The van der Waals surface area contributed by atoms with E-state index < -0.39 is 22.7 Å². The van der Waals surface area contributed by atoms with Crippen molar-refractivity contribution >= 4 is 22.7 Å². The van der Waals surface area contributed by atoms with Crippen LogP contribution in [0, 0.1) is 17.7 Å². The molecule has 1 aromatic carbocycles. The number of pyridine rings is 2. The molecule has 9 nitrogen and oxygen atoms in total. The lowest BCUT2D eigenvalue weighted by Gasteiger charge is -2.31. The van der Waals surface area contributed by atoms with Crippen molar-refractivity contribution in [3.05, 3.63) is 59.9 Å². The Morgan fingerprint density at radius 1 is 1.16 bits per heavy atom. The third-order valence-electron chi connectivity index (χ3n) is 6.09. The Morgan fingerprint density at radius 2 is 1.92 bits per heavy atom. The molecule has 1 amide bonds. The van der Waals surface area contributed by atoms with Gasteiger partial charge in [-0.15, -0.1) is 0 Å². The second kappa shape index (κ2) is 12.8. The minimum atomic E-state index is -1.94. The summed E-state index contributed by atoms with van der Waals surface area (Å²) in [6.45, 7) is 6.40. The van der Waals surface area contributed by atoms with E-state index in [0.717, 1.165) is 19.3 Å². The molecule has 0 bridgehead atoms. The highest BCUT2D eigenvalue weighted by molar-refractivity contribution is 7.83. The largest absolute Gasteiger partial charge is 0.493 e. The van der Waals surface area contributed by atoms with Gasteiger partial charge in [-0.2, -0.15) is 0 Å². The molecule has 2 heterocycles. The summed E-state index contributed by atoms with van der Waals surface area (Å²) >= 11 is 0. The standard InChI is InChI=1S/C27H31FN4O4S.H2O/c1-16(2)15-35-21-13-19(12-20(28)14-21)23-11-10-22(27(30-23)36-17(3)18-6-4-7-18)26(33)32-37(34)25-9-5-8-24(29)31-25;/h5,8-14,16-18H,4,6-7,15H2,1-3H3,(H2,29,31)(H,32,33);1H2. The third-order valence-corrected chi connectivity index (χ3v) is 7.06. The first-order valence-electron chi connectivity index (χ1n) is 12.3. The molecule has 1 saturated carbocycles. The number of rotatable bonds is 10. The van der Waals surface area contributed by atoms with Crippen LogP contribution < -0.4 is 19.9 Å². The minimum absolute atomic E-state index is 0. The van der Waals surface area contributed by atoms with Crippen molar-refractivity contribution in [3.8, 4) is 22.9 Å². The van der Waals surface area contributed by atoms with Crippen LogP contribution in [0.15, 0.2) is 53.6 Å². The molecular weight excluding hydrogens is 511 g/mol. The Morgan fingerprint density at radius 3 is 2.58 bits per heavy atom. The van der Waals surface area contributed by atoms with E-state index in [4.69, 9.17) is 15.2 Å². The molecule has 204 valence electrons. The zero-order chi connectivity index (χ0) is 26.5. The number of hydrogen-bond acceptors (Lipinski definition) is 7. The molecule has 0 aliphatic heterocycles. The predicted octanol–water partition coefficient (Wildman–Crippen LogP) is 4.10. The minimum Gasteiger partial charge on any atom is -0.493 e. The summed E-state index contributed by atoms with van der Waals surface area (Å²) in [6.07, 6.45) is 3.02. The maximum atomic E-state index is 14.4. The Bertz CT molecular complexity index is 1300. The van der Waals surface area contributed by atoms with Crippen molar-refractivity contribution in [1.82, 2.24) is 14.7 Å². The average molecular weight is 545 g/mol. The normalized spacial score (nSPS) is 14.7. The van der Waals surface area contributed by atoms with Gasteiger partial charge in [0.2, 0.25) is 5.88 Å². The average Bonchev–Trinajstić information content (AvgIpc) is 2.81. The summed E-state index contributed by atoms with van der Waals surface area (Å²) in [4.78, 5) is 21.7. The fourth-order valence-corrected chi connectivity index (χ4v) is 4.60. The summed E-state index contributed by atoms with van der Waals surface area (Å²) < 4.78 is 41.4. The number of carbonyl (C=O) groups excluding carboxylic acids is 1. The van der Waals surface area contributed by atoms with Gasteiger partial charge >= 0.3 is 0 Å². The molecule has 1 aliphatic rings. The number of aromatic nitrogens is 2. The first-order chi connectivity index (χ1) is 17.7. The summed E-state index contributed by atoms with van der Waals surface area (Å²) in [5, 5.41) is 0.122. The second-order valence-corrected chi connectivity index (χ2v) is 10.7. The summed E-state index contributed by atoms with van der Waals surface area (Å²) in [7, 11) is -1.94. The van der Waals surface area contributed by atoms with Crippen LogP contribution in [0.2, 0.25) is 0 Å². The number of ether oxygens (including phenoxy) is 2. The van der Waals surface area contributed by atoms with E-state index in [2.05, 4.69) is 14.7 Å². The highest BCUT2D eigenvalue weighted by Gasteiger charge is 2.28. The first-order valence-corrected chi connectivity index (χ1v) is 13.4. The van der Waals surface area contributed by atoms with Crippen molar-refractivity contribution in [2.24, 2.45) is 11.8 Å². The van der Waals surface area contributed by atoms with Gasteiger partial charge in [0.05, 0.1) is 12.3 Å². The molecule has 1 aliphatic carbocycles. The zero-order valence-corrected chi connectivity index (χ0v) is 22.4. The maximum absolute atomic E-state index is 14.4. The van der Waals surface area contributed by atoms with Crippen LogP contribution in [0.25, 0.3) is 11.3 Å². The van der Waals surface area contributed by atoms with Crippen LogP contribution in [0.4, 0.5) is 10.2 Å². The van der Waals surface area contributed by atoms with Gasteiger partial charge in [0.1, 0.15) is 29.1 Å². The Hall–Kier alpha value is -3.57. The van der Waals surface area contributed by atoms with Gasteiger partial charge in [0.25, 0.3) is 5.91 Å². The number of nitrogens with one attached hydrogen (secondary N) is 1. The van der Waals surface area contributed by atoms with Crippen LogP contribution in [0.3, 0.4) is 0 Å². The number of halogens is 1. The predicted molar refractivity (Wildman–Crippen MR) is 144 cm³/mol. The van der Waals surface area contributed by atoms with Crippen LogP contribution in [-0.2, 0) is 11.0 Å². The molecule has 38 heavy (non-hydrogen) atoms. The molecular formula is C27H33FN4O5S. The van der Waals surface area contributed by atoms with Gasteiger partial charge in [-0.3, -0.25) is 9.52 Å². The van der Waals surface area contributed by atoms with Crippen molar-refractivity contribution in [2.75, 3.05) is 12.3 Å². The SMILES string of the molecule is CC(C)COc1cc(F)cc(-c2ccc(C(=O)NS(=O)c3cccc(N)n3)c(OC(C)C3CCC3)n2)c1.O. The van der Waals surface area contributed by atoms with Crippen molar-refractivity contribution < 1.29 is 28.3 Å². The number of carbonyl (C=O) groups is 1. The number of nitrogen functional groups attached to an aromatic ring is 1. The monoisotopic (exact) mass is 544 g/mol. The highest BCUT2D eigenvalue weighted by atomic mass is 32.2. The van der Waals surface area contributed by atoms with Crippen LogP contribution >= 0.6 is 0 Å². The van der Waals surface area contributed by atoms with Crippen molar-refractivity contribution in [2.45, 2.75) is 51.2 Å². The smallest absolute Gasteiger partial charge is 0.268 e. The van der Waals surface area contributed by atoms with Crippen molar-refractivity contribution in [3.63, 3.8) is 0 Å². The zero-order valence-electron chi connectivity index (χ0n) is 21.6. The van der Waals surface area contributed by atoms with Gasteiger partial charge in [-0.05, 0) is 68.0 Å². The van der Waals surface area contributed by atoms with Gasteiger partial charge in [0.15, 0.2) is 16.0 Å². The molecule has 0 saturated heterocycles. The first kappa shape index (κ1) is 29.0. The van der Waals surface area contributed by atoms with Gasteiger partial charge in [-0.25, -0.2) is 18.6 Å². The second-order valence-electron chi connectivity index (χ2n) is 9.54. The number of hydrogen-bond donors (Lipinski definition) is 2. The molecule has 0 radical (unpaired) electrons. The molecule has 2 unspecified atom stereocenters. The maximum Gasteiger partial charge on any atom is 0.268 e. The van der Waals surface area contributed by atoms with Crippen LogP contribution in [0.1, 0.15) is 50.4 Å². The lowest BCUT2D eigenvalue weighted by atomic mass is 9.82. The van der Waals surface area contributed by atoms with E-state index >= 15 is 0 Å². The molecule has 3 aromatic rings. The Balaban J connectivity index is 0.00000400. The molecule has 2 atom stereocenters. The molecule has 1 fully saturated rings. The molecule has 0 spiro atoms. The van der Waals surface area contributed by atoms with E-state index in [9.17, 15) is 13.4 Å². The third kappa shape index (κ3) is 7.26. The van der Waals surface area contributed by atoms with Gasteiger partial charge in [0, 0.05) is 11.6 Å². The lowest BCUT2D eigenvalue weighted by Crippen LogP contribution is -2.31. The fourth-order valence-electron chi connectivity index (χ4n) is 3.83. The summed E-state index contributed by atoms with van der Waals surface area (Å²) in [5.74, 6) is 0.202. The van der Waals surface area contributed by atoms with E-state index in [1.807, 2.05) is 20.8 Å². The number of benzene rings is 1. The highest BCUT2D eigenvalue weighted by Crippen LogP contribution is 2.33. The summed E-state index contributed by atoms with van der Waals surface area (Å²) in [5.41, 5.74) is 6.68. The van der Waals surface area contributed by atoms with Crippen LogP contribution in [0.5, 0.6) is 11.6 Å². The Kier molecular flexibility index (Phi) is 9.76. The van der Waals surface area contributed by atoms with Gasteiger partial charge < -0.3 is 20.7 Å². The fraction of sp³-hybridized carbons (Fsp3) is 0.370. The van der Waals surface area contributed by atoms with E-state index in [1.165, 1.54) is 24.3 Å². The number of nitrogens with two attached hydrogens (primary N) is 1. The molecule has 4 rings (SSSR count). The van der Waals surface area contributed by atoms with Gasteiger partial charge in [-0.1, -0.05) is 26.3 Å². The van der Waals surface area contributed by atoms with E-state index in [0.29, 0.717) is 29.5 Å². The van der Waals surface area contributed by atoms with E-state index in [-0.39, 0.29) is 39.8 Å². The summed E-state index contributed by atoms with van der Waals surface area (Å²) in [6, 6.07) is 12.2. The van der Waals surface area contributed by atoms with E-state index in [1.54, 1.807) is 24.3 Å². The number of amides is 1. The molecule has 11 heteroatoms. The number of anilines is 1. The molecule has 5 N–H and O–H groups in total. The Labute approximate surface area is 223 Å². The molecule has 2 aromatic heterocycles. The van der Waals surface area contributed by atoms with Crippen molar-refractivity contribution in [1.29, 1.82) is 0 Å². The van der Waals surface area contributed by atoms with Crippen LogP contribution in [-0.4, -0.2) is 38.3 Å². The topological polar surface area (TPSA) is 148 Å². The lowest BCUT2D eigenvalue weighted by molar-refractivity contribution is 0.0885.